The van der Waals surface area contributed by atoms with Crippen molar-refractivity contribution in [3.05, 3.63) is 63.1 Å². The molecule has 2 N–H and O–H groups in total. The van der Waals surface area contributed by atoms with Crippen LogP contribution in [0.15, 0.2) is 36.4 Å². The van der Waals surface area contributed by atoms with Crippen molar-refractivity contribution in [3.8, 4) is 11.5 Å². The van der Waals surface area contributed by atoms with E-state index in [9.17, 15) is 10.2 Å². The summed E-state index contributed by atoms with van der Waals surface area (Å²) in [7, 11) is 0. The third-order valence-electron chi connectivity index (χ3n) is 8.62. The Morgan fingerprint density at radius 2 is 1.91 bits per heavy atom. The van der Waals surface area contributed by atoms with Crippen LogP contribution in [0.1, 0.15) is 42.4 Å². The summed E-state index contributed by atoms with van der Waals surface area (Å²) in [6, 6.07) is 9.38. The molecule has 1 saturated heterocycles. The summed E-state index contributed by atoms with van der Waals surface area (Å²) in [4.78, 5) is 2.53. The first kappa shape index (κ1) is 19.7. The van der Waals surface area contributed by atoms with Gasteiger partial charge in [0.1, 0.15) is 6.10 Å². The highest BCUT2D eigenvalue weighted by molar-refractivity contribution is 6.34. The van der Waals surface area contributed by atoms with Gasteiger partial charge in [0.15, 0.2) is 11.5 Å². The molecule has 32 heavy (non-hydrogen) atoms. The van der Waals surface area contributed by atoms with Gasteiger partial charge in [-0.05, 0) is 85.5 Å². The summed E-state index contributed by atoms with van der Waals surface area (Å²) in [5.41, 5.74) is 2.60. The molecule has 1 saturated carbocycles. The van der Waals surface area contributed by atoms with Gasteiger partial charge < -0.3 is 14.9 Å². The van der Waals surface area contributed by atoms with Crippen LogP contribution in [0.25, 0.3) is 5.57 Å². The number of hydrogen-bond acceptors (Lipinski definition) is 4. The molecule has 4 nitrogen and oxygen atoms in total. The largest absolute Gasteiger partial charge is 0.504 e. The number of aromatic hydroxyl groups is 1. The molecule has 0 amide bonds. The lowest BCUT2D eigenvalue weighted by Gasteiger charge is -2.62. The molecule has 2 aromatic rings. The average molecular weight is 470 g/mol. The van der Waals surface area contributed by atoms with Gasteiger partial charge in [0.05, 0.1) is 11.0 Å². The number of likely N-dealkylation sites (tertiary alicyclic amines) is 1. The number of benzene rings is 2. The topological polar surface area (TPSA) is 52.9 Å². The maximum absolute atomic E-state index is 12.5. The number of hydrogen-bond donors (Lipinski definition) is 2. The van der Waals surface area contributed by atoms with E-state index in [4.69, 9.17) is 27.9 Å². The maximum atomic E-state index is 12.5. The van der Waals surface area contributed by atoms with Crippen LogP contribution in [0.4, 0.5) is 0 Å². The molecule has 166 valence electrons. The molecule has 2 aromatic carbocycles. The second-order valence-electron chi connectivity index (χ2n) is 10.3. The first-order chi connectivity index (χ1) is 15.4. The number of ether oxygens (including phenoxy) is 1. The van der Waals surface area contributed by atoms with E-state index < -0.39 is 11.0 Å². The van der Waals surface area contributed by atoms with Gasteiger partial charge in [-0.2, -0.15) is 0 Å². The van der Waals surface area contributed by atoms with Crippen LogP contribution >= 0.6 is 23.2 Å². The molecule has 2 fully saturated rings. The van der Waals surface area contributed by atoms with Gasteiger partial charge in [0, 0.05) is 28.2 Å². The normalized spacial score (nSPS) is 34.7. The highest BCUT2D eigenvalue weighted by atomic mass is 35.5. The molecular weight excluding hydrogens is 445 g/mol. The van der Waals surface area contributed by atoms with Crippen LogP contribution in [-0.2, 0) is 11.8 Å². The predicted molar refractivity (Wildman–Crippen MR) is 125 cm³/mol. The molecule has 2 heterocycles. The van der Waals surface area contributed by atoms with E-state index in [0.29, 0.717) is 22.2 Å². The van der Waals surface area contributed by atoms with Crippen LogP contribution in [0.5, 0.6) is 11.5 Å². The Balaban J connectivity index is 1.44. The number of aliphatic hydroxyl groups is 1. The SMILES string of the molecule is Oc1ccc2c3c1O[C@H]1C(c4cc(Cl)cc(Cl)c4)=CC[C@@]4(O)[C@@H](C2)N(CC2CC2)CC[C@]314. The average Bonchev–Trinajstić information content (AvgIpc) is 3.48. The Morgan fingerprint density at radius 3 is 2.66 bits per heavy atom. The standard InChI is InChI=1S/C26H25Cl2NO3/c27-17-9-16(10-18(28)12-17)19-5-6-26(31)21-11-15-3-4-20(30)23-22(15)25(26,24(19)32-23)7-8-29(21)13-14-1-2-14/h3-5,9-10,12,14,21,24,30-31H,1-2,6-8,11,13H2/t21-,24+,25+,26-/m1/s1. The van der Waals surface area contributed by atoms with Gasteiger partial charge >= 0.3 is 0 Å². The highest BCUT2D eigenvalue weighted by Gasteiger charge is 2.71. The van der Waals surface area contributed by atoms with Crippen molar-refractivity contribution in [2.75, 3.05) is 13.1 Å². The van der Waals surface area contributed by atoms with Crippen molar-refractivity contribution in [1.82, 2.24) is 4.90 Å². The van der Waals surface area contributed by atoms with Gasteiger partial charge in [0.25, 0.3) is 0 Å². The number of nitrogens with zero attached hydrogens (tertiary/aromatic N) is 1. The Hall–Kier alpha value is -1.72. The summed E-state index contributed by atoms with van der Waals surface area (Å²) < 4.78 is 6.57. The van der Waals surface area contributed by atoms with Crippen LogP contribution in [0.3, 0.4) is 0 Å². The fourth-order valence-corrected chi connectivity index (χ4v) is 7.62. The van der Waals surface area contributed by atoms with Crippen molar-refractivity contribution in [2.24, 2.45) is 5.92 Å². The summed E-state index contributed by atoms with van der Waals surface area (Å²) in [5.74, 6) is 1.46. The van der Waals surface area contributed by atoms with Crippen LogP contribution < -0.4 is 4.74 Å². The highest BCUT2D eigenvalue weighted by Crippen LogP contribution is 2.66. The summed E-state index contributed by atoms with van der Waals surface area (Å²) in [6.45, 7) is 2.00. The van der Waals surface area contributed by atoms with Gasteiger partial charge in [-0.3, -0.25) is 4.90 Å². The minimum absolute atomic E-state index is 0.0479. The molecule has 2 aliphatic heterocycles. The minimum atomic E-state index is -0.942. The molecule has 0 radical (unpaired) electrons. The lowest BCUT2D eigenvalue weighted by molar-refractivity contribution is -0.159. The summed E-state index contributed by atoms with van der Waals surface area (Å²) in [6.07, 6.45) is 6.46. The van der Waals surface area contributed by atoms with E-state index in [1.165, 1.54) is 18.4 Å². The lowest BCUT2D eigenvalue weighted by atomic mass is 9.49. The quantitative estimate of drug-likeness (QED) is 0.666. The van der Waals surface area contributed by atoms with Crippen molar-refractivity contribution >= 4 is 28.8 Å². The van der Waals surface area contributed by atoms with E-state index in [-0.39, 0.29) is 17.9 Å². The number of rotatable bonds is 3. The zero-order valence-electron chi connectivity index (χ0n) is 17.7. The second kappa shape index (κ2) is 6.44. The maximum Gasteiger partial charge on any atom is 0.166 e. The van der Waals surface area contributed by atoms with Gasteiger partial charge in [-0.1, -0.05) is 35.3 Å². The van der Waals surface area contributed by atoms with Gasteiger partial charge in [0.2, 0.25) is 0 Å². The van der Waals surface area contributed by atoms with Crippen LogP contribution in [-0.4, -0.2) is 45.9 Å². The third-order valence-corrected chi connectivity index (χ3v) is 9.06. The Kier molecular flexibility index (Phi) is 3.97. The Bertz CT molecular complexity index is 1170. The molecule has 5 aliphatic rings. The van der Waals surface area contributed by atoms with Crippen LogP contribution in [0.2, 0.25) is 10.0 Å². The van der Waals surface area contributed by atoms with Crippen molar-refractivity contribution in [1.29, 1.82) is 0 Å². The van der Waals surface area contributed by atoms with E-state index >= 15 is 0 Å². The summed E-state index contributed by atoms with van der Waals surface area (Å²) in [5, 5.41) is 24.4. The van der Waals surface area contributed by atoms with Crippen LogP contribution in [0, 0.1) is 5.92 Å². The van der Waals surface area contributed by atoms with Crippen molar-refractivity contribution in [3.63, 3.8) is 0 Å². The van der Waals surface area contributed by atoms with Crippen molar-refractivity contribution < 1.29 is 14.9 Å². The molecule has 3 aliphatic carbocycles. The fourth-order valence-electron chi connectivity index (χ4n) is 7.10. The number of halogens is 2. The Morgan fingerprint density at radius 1 is 1.12 bits per heavy atom. The zero-order valence-corrected chi connectivity index (χ0v) is 19.2. The van der Waals surface area contributed by atoms with Crippen molar-refractivity contribution in [2.45, 2.75) is 55.3 Å². The molecule has 1 spiro atoms. The van der Waals surface area contributed by atoms with Gasteiger partial charge in [-0.25, -0.2) is 0 Å². The third kappa shape index (κ3) is 2.42. The molecule has 0 aromatic heterocycles. The minimum Gasteiger partial charge on any atom is -0.504 e. The summed E-state index contributed by atoms with van der Waals surface area (Å²) >= 11 is 12.7. The number of phenols is 1. The molecule has 4 atom stereocenters. The molecule has 0 unspecified atom stereocenters. The zero-order chi connectivity index (χ0) is 21.8. The lowest BCUT2D eigenvalue weighted by Crippen LogP contribution is -2.74. The van der Waals surface area contributed by atoms with E-state index in [1.54, 1.807) is 12.1 Å². The first-order valence-corrected chi connectivity index (χ1v) is 12.3. The molecular formula is C26H25Cl2NO3. The van der Waals surface area contributed by atoms with E-state index in [0.717, 1.165) is 48.5 Å². The fraction of sp³-hybridized carbons (Fsp3) is 0.462. The molecule has 7 rings (SSSR count). The van der Waals surface area contributed by atoms with E-state index in [2.05, 4.69) is 11.0 Å². The Labute approximate surface area is 197 Å². The predicted octanol–water partition coefficient (Wildman–Crippen LogP) is 4.96. The number of piperidine rings is 1. The number of phenolic OH excluding ortho intramolecular Hbond substituents is 1. The molecule has 2 bridgehead atoms. The first-order valence-electron chi connectivity index (χ1n) is 11.6. The van der Waals surface area contributed by atoms with Gasteiger partial charge in [-0.15, -0.1) is 0 Å². The van der Waals surface area contributed by atoms with E-state index in [1.807, 2.05) is 18.2 Å². The smallest absolute Gasteiger partial charge is 0.166 e. The second-order valence-corrected chi connectivity index (χ2v) is 11.1. The molecule has 6 heteroatoms. The monoisotopic (exact) mass is 469 g/mol.